The van der Waals surface area contributed by atoms with Crippen LogP contribution >= 0.6 is 31.9 Å². The first-order chi connectivity index (χ1) is 8.66. The molecule has 1 amide bonds. The third-order valence-corrected chi connectivity index (χ3v) is 4.13. The largest absolute Gasteiger partial charge is 0.381 e. The number of hydrogen-bond donors (Lipinski definition) is 1. The minimum Gasteiger partial charge on any atom is -0.381 e. The molecule has 1 atom stereocenters. The normalized spacial score (nSPS) is 19.6. The molecule has 1 aliphatic heterocycles. The monoisotopic (exact) mass is 375 g/mol. The van der Waals surface area contributed by atoms with E-state index in [0.29, 0.717) is 18.0 Å². The maximum Gasteiger partial charge on any atom is 0.252 e. The highest BCUT2D eigenvalue weighted by atomic mass is 79.9. The summed E-state index contributed by atoms with van der Waals surface area (Å²) in [6, 6.07) is 5.54. The maximum atomic E-state index is 12.0. The topological polar surface area (TPSA) is 38.3 Å². The SMILES string of the molecule is O=C(NCC1CCCOC1)c1ccc(Br)cc1Br. The molecule has 3 nitrogen and oxygen atoms in total. The van der Waals surface area contributed by atoms with Crippen LogP contribution in [0.3, 0.4) is 0 Å². The van der Waals surface area contributed by atoms with E-state index >= 15 is 0 Å². The summed E-state index contributed by atoms with van der Waals surface area (Å²) in [5, 5.41) is 2.96. The van der Waals surface area contributed by atoms with E-state index in [2.05, 4.69) is 37.2 Å². The van der Waals surface area contributed by atoms with Gasteiger partial charge in [0.25, 0.3) is 5.91 Å². The Morgan fingerprint density at radius 1 is 1.44 bits per heavy atom. The van der Waals surface area contributed by atoms with Gasteiger partial charge in [0.05, 0.1) is 12.2 Å². The van der Waals surface area contributed by atoms with Gasteiger partial charge in [-0.2, -0.15) is 0 Å². The zero-order valence-corrected chi connectivity index (χ0v) is 13.1. The van der Waals surface area contributed by atoms with E-state index in [4.69, 9.17) is 4.74 Å². The van der Waals surface area contributed by atoms with Crippen LogP contribution in [0.25, 0.3) is 0 Å². The van der Waals surface area contributed by atoms with Crippen molar-refractivity contribution in [2.75, 3.05) is 19.8 Å². The highest BCUT2D eigenvalue weighted by Crippen LogP contribution is 2.22. The van der Waals surface area contributed by atoms with Crippen molar-refractivity contribution in [1.29, 1.82) is 0 Å². The highest BCUT2D eigenvalue weighted by Gasteiger charge is 2.16. The first-order valence-electron chi connectivity index (χ1n) is 5.98. The fourth-order valence-electron chi connectivity index (χ4n) is 1.97. The molecule has 0 saturated carbocycles. The van der Waals surface area contributed by atoms with Crippen molar-refractivity contribution in [3.8, 4) is 0 Å². The number of benzene rings is 1. The molecule has 2 rings (SSSR count). The molecule has 1 aromatic carbocycles. The first-order valence-corrected chi connectivity index (χ1v) is 7.56. The van der Waals surface area contributed by atoms with Crippen LogP contribution in [0.4, 0.5) is 0 Å². The predicted octanol–water partition coefficient (Wildman–Crippen LogP) is 3.37. The van der Waals surface area contributed by atoms with Gasteiger partial charge < -0.3 is 10.1 Å². The number of rotatable bonds is 3. The predicted molar refractivity (Wildman–Crippen MR) is 77.7 cm³/mol. The third-order valence-electron chi connectivity index (χ3n) is 2.98. The van der Waals surface area contributed by atoms with Crippen molar-refractivity contribution < 1.29 is 9.53 Å². The van der Waals surface area contributed by atoms with E-state index in [1.54, 1.807) is 6.07 Å². The fourth-order valence-corrected chi connectivity index (χ4v) is 3.20. The van der Waals surface area contributed by atoms with E-state index in [1.807, 2.05) is 12.1 Å². The summed E-state index contributed by atoms with van der Waals surface area (Å²) in [7, 11) is 0. The Labute approximate surface area is 124 Å². The minimum atomic E-state index is -0.0417. The molecule has 98 valence electrons. The lowest BCUT2D eigenvalue weighted by molar-refractivity contribution is 0.0536. The molecule has 5 heteroatoms. The molecule has 1 heterocycles. The second kappa shape index (κ2) is 6.68. The van der Waals surface area contributed by atoms with Crippen LogP contribution in [0.15, 0.2) is 27.1 Å². The molecule has 0 bridgehead atoms. The van der Waals surface area contributed by atoms with Gasteiger partial charge in [-0.3, -0.25) is 4.79 Å². The summed E-state index contributed by atoms with van der Waals surface area (Å²) in [5.41, 5.74) is 0.662. The smallest absolute Gasteiger partial charge is 0.252 e. The Kier molecular flexibility index (Phi) is 5.21. The molecule has 18 heavy (non-hydrogen) atoms. The van der Waals surface area contributed by atoms with Crippen LogP contribution in [0.1, 0.15) is 23.2 Å². The van der Waals surface area contributed by atoms with Crippen molar-refractivity contribution in [2.45, 2.75) is 12.8 Å². The van der Waals surface area contributed by atoms with Gasteiger partial charge in [-0.1, -0.05) is 15.9 Å². The summed E-state index contributed by atoms with van der Waals surface area (Å²) < 4.78 is 7.14. The van der Waals surface area contributed by atoms with Gasteiger partial charge in [0.2, 0.25) is 0 Å². The number of halogens is 2. The lowest BCUT2D eigenvalue weighted by atomic mass is 10.0. The molecule has 0 aliphatic carbocycles. The standard InChI is InChI=1S/C13H15Br2NO2/c14-10-3-4-11(12(15)6-10)13(17)16-7-9-2-1-5-18-8-9/h3-4,6,9H,1-2,5,7-8H2,(H,16,17). The number of amides is 1. The average molecular weight is 377 g/mol. The fraction of sp³-hybridized carbons (Fsp3) is 0.462. The highest BCUT2D eigenvalue weighted by molar-refractivity contribution is 9.11. The Bertz CT molecular complexity index is 431. The van der Waals surface area contributed by atoms with Crippen LogP contribution in [-0.2, 0) is 4.74 Å². The van der Waals surface area contributed by atoms with Crippen LogP contribution in [0.5, 0.6) is 0 Å². The van der Waals surface area contributed by atoms with Crippen LogP contribution < -0.4 is 5.32 Å². The zero-order valence-electron chi connectivity index (χ0n) is 9.92. The molecular formula is C13H15Br2NO2. The Hall–Kier alpha value is -0.390. The number of nitrogens with one attached hydrogen (secondary N) is 1. The molecule has 1 fully saturated rings. The van der Waals surface area contributed by atoms with E-state index < -0.39 is 0 Å². The molecular weight excluding hydrogens is 362 g/mol. The average Bonchev–Trinajstić information content (AvgIpc) is 2.37. The van der Waals surface area contributed by atoms with Crippen molar-refractivity contribution >= 4 is 37.8 Å². The van der Waals surface area contributed by atoms with Gasteiger partial charge in [0.15, 0.2) is 0 Å². The van der Waals surface area contributed by atoms with Crippen LogP contribution in [-0.4, -0.2) is 25.7 Å². The van der Waals surface area contributed by atoms with Gasteiger partial charge in [0, 0.05) is 22.1 Å². The lowest BCUT2D eigenvalue weighted by Gasteiger charge is -2.22. The molecule has 1 saturated heterocycles. The first kappa shape index (κ1) is 14.0. The molecule has 0 radical (unpaired) electrons. The summed E-state index contributed by atoms with van der Waals surface area (Å²) in [6.45, 7) is 2.28. The van der Waals surface area contributed by atoms with E-state index in [0.717, 1.165) is 35.0 Å². The molecule has 1 aromatic rings. The Morgan fingerprint density at radius 3 is 2.94 bits per heavy atom. The Balaban J connectivity index is 1.90. The molecule has 1 unspecified atom stereocenters. The second-order valence-electron chi connectivity index (χ2n) is 4.42. The van der Waals surface area contributed by atoms with Crippen molar-refractivity contribution in [1.82, 2.24) is 5.32 Å². The van der Waals surface area contributed by atoms with Gasteiger partial charge in [0.1, 0.15) is 0 Å². The zero-order chi connectivity index (χ0) is 13.0. The molecule has 1 aliphatic rings. The summed E-state index contributed by atoms with van der Waals surface area (Å²) >= 11 is 6.77. The number of hydrogen-bond acceptors (Lipinski definition) is 2. The van der Waals surface area contributed by atoms with Gasteiger partial charge in [-0.05, 0) is 52.9 Å². The third kappa shape index (κ3) is 3.80. The maximum absolute atomic E-state index is 12.0. The quantitative estimate of drug-likeness (QED) is 0.878. The second-order valence-corrected chi connectivity index (χ2v) is 6.19. The van der Waals surface area contributed by atoms with Gasteiger partial charge >= 0.3 is 0 Å². The van der Waals surface area contributed by atoms with E-state index in [9.17, 15) is 4.79 Å². The molecule has 0 spiro atoms. The molecule has 1 N–H and O–H groups in total. The van der Waals surface area contributed by atoms with E-state index in [-0.39, 0.29) is 5.91 Å². The number of carbonyl (C=O) groups excluding carboxylic acids is 1. The van der Waals surface area contributed by atoms with E-state index in [1.165, 1.54) is 0 Å². The van der Waals surface area contributed by atoms with Crippen molar-refractivity contribution in [3.05, 3.63) is 32.7 Å². The van der Waals surface area contributed by atoms with Gasteiger partial charge in [-0.25, -0.2) is 0 Å². The van der Waals surface area contributed by atoms with Crippen LogP contribution in [0.2, 0.25) is 0 Å². The summed E-state index contributed by atoms with van der Waals surface area (Å²) in [5.74, 6) is 0.400. The number of ether oxygens (including phenoxy) is 1. The number of carbonyl (C=O) groups is 1. The minimum absolute atomic E-state index is 0.0417. The van der Waals surface area contributed by atoms with Crippen molar-refractivity contribution in [3.63, 3.8) is 0 Å². The van der Waals surface area contributed by atoms with Crippen molar-refractivity contribution in [2.24, 2.45) is 5.92 Å². The summed E-state index contributed by atoms with van der Waals surface area (Å²) in [6.07, 6.45) is 2.21. The summed E-state index contributed by atoms with van der Waals surface area (Å²) in [4.78, 5) is 12.0. The lowest BCUT2D eigenvalue weighted by Crippen LogP contribution is -2.33. The Morgan fingerprint density at radius 2 is 2.28 bits per heavy atom. The van der Waals surface area contributed by atoms with Gasteiger partial charge in [-0.15, -0.1) is 0 Å². The van der Waals surface area contributed by atoms with Crippen LogP contribution in [0, 0.1) is 5.92 Å². The molecule has 0 aromatic heterocycles.